The molecule has 0 bridgehead atoms. The lowest BCUT2D eigenvalue weighted by Gasteiger charge is -2.04. The van der Waals surface area contributed by atoms with E-state index in [2.05, 4.69) is 14.9 Å². The molecule has 8 heteroatoms. The molecule has 0 aliphatic carbocycles. The van der Waals surface area contributed by atoms with Crippen molar-refractivity contribution in [1.29, 1.82) is 0 Å². The van der Waals surface area contributed by atoms with Crippen LogP contribution in [0.25, 0.3) is 0 Å². The maximum Gasteiger partial charge on any atom is 0.288 e. The van der Waals surface area contributed by atoms with Crippen molar-refractivity contribution in [1.82, 2.24) is 9.59 Å². The molecule has 0 saturated heterocycles. The third-order valence-electron chi connectivity index (χ3n) is 2.02. The van der Waals surface area contributed by atoms with Crippen molar-refractivity contribution in [2.45, 2.75) is 6.54 Å². The summed E-state index contributed by atoms with van der Waals surface area (Å²) in [5.41, 5.74) is 1.41. The minimum atomic E-state index is -0.517. The van der Waals surface area contributed by atoms with Crippen molar-refractivity contribution >= 4 is 34.5 Å². The second-order valence-corrected chi connectivity index (χ2v) is 4.19. The van der Waals surface area contributed by atoms with Gasteiger partial charge in [0.05, 0.1) is 17.2 Å². The molecule has 0 saturated carbocycles. The van der Waals surface area contributed by atoms with E-state index in [1.54, 1.807) is 6.07 Å². The molecule has 0 aliphatic heterocycles. The molecule has 0 radical (unpaired) electrons. The van der Waals surface area contributed by atoms with Gasteiger partial charge in [0, 0.05) is 17.1 Å². The first-order valence-electron chi connectivity index (χ1n) is 4.60. The summed E-state index contributed by atoms with van der Waals surface area (Å²) in [5, 5.41) is 19.4. The van der Waals surface area contributed by atoms with Crippen molar-refractivity contribution in [3.05, 3.63) is 44.4 Å². The summed E-state index contributed by atoms with van der Waals surface area (Å²) in [6.07, 6.45) is 0. The average Bonchev–Trinajstić information content (AvgIpc) is 2.78. The predicted molar refractivity (Wildman–Crippen MR) is 65.3 cm³/mol. The summed E-state index contributed by atoms with van der Waals surface area (Å²) in [5.74, 6) is 0. The monoisotopic (exact) mass is 270 g/mol. The van der Waals surface area contributed by atoms with Crippen molar-refractivity contribution in [3.63, 3.8) is 0 Å². The quantitative estimate of drug-likeness (QED) is 0.682. The number of benzene rings is 1. The van der Waals surface area contributed by atoms with E-state index in [0.29, 0.717) is 12.2 Å². The van der Waals surface area contributed by atoms with Gasteiger partial charge in [-0.3, -0.25) is 10.1 Å². The number of hydrogen-bond acceptors (Lipinski definition) is 6. The van der Waals surface area contributed by atoms with Crippen LogP contribution in [0.5, 0.6) is 0 Å². The molecule has 2 rings (SSSR count). The molecule has 0 fully saturated rings. The molecule has 0 spiro atoms. The highest BCUT2D eigenvalue weighted by Gasteiger charge is 2.11. The molecule has 1 aromatic heterocycles. The Bertz CT molecular complexity index is 532. The first-order valence-corrected chi connectivity index (χ1v) is 5.82. The Balaban J connectivity index is 2.07. The van der Waals surface area contributed by atoms with Gasteiger partial charge in [0.15, 0.2) is 0 Å². The maximum atomic E-state index is 10.6. The molecule has 0 atom stereocenters. The zero-order chi connectivity index (χ0) is 12.3. The Labute approximate surface area is 106 Å². The number of halogens is 1. The molecule has 1 heterocycles. The molecule has 88 valence electrons. The number of anilines is 1. The van der Waals surface area contributed by atoms with E-state index in [1.807, 2.05) is 5.38 Å². The second-order valence-electron chi connectivity index (χ2n) is 3.17. The van der Waals surface area contributed by atoms with Gasteiger partial charge in [-0.15, -0.1) is 5.10 Å². The van der Waals surface area contributed by atoms with Crippen LogP contribution < -0.4 is 5.32 Å². The molecule has 6 nitrogen and oxygen atoms in total. The number of nitrogens with one attached hydrogen (secondary N) is 1. The van der Waals surface area contributed by atoms with Crippen molar-refractivity contribution in [2.75, 3.05) is 5.32 Å². The van der Waals surface area contributed by atoms with E-state index in [4.69, 9.17) is 11.6 Å². The van der Waals surface area contributed by atoms with Gasteiger partial charge in [-0.25, -0.2) is 0 Å². The third-order valence-corrected chi connectivity index (χ3v) is 2.88. The lowest BCUT2D eigenvalue weighted by molar-refractivity contribution is -0.384. The normalized spacial score (nSPS) is 10.2. The Morgan fingerprint density at radius 1 is 1.53 bits per heavy atom. The van der Waals surface area contributed by atoms with Crippen molar-refractivity contribution in [3.8, 4) is 0 Å². The van der Waals surface area contributed by atoms with Crippen LogP contribution in [0.1, 0.15) is 5.69 Å². The first kappa shape index (κ1) is 11.7. The van der Waals surface area contributed by atoms with Crippen LogP contribution >= 0.6 is 23.1 Å². The maximum absolute atomic E-state index is 10.6. The van der Waals surface area contributed by atoms with Crippen LogP contribution in [0.4, 0.5) is 11.4 Å². The van der Waals surface area contributed by atoms with Crippen molar-refractivity contribution < 1.29 is 4.92 Å². The highest BCUT2D eigenvalue weighted by atomic mass is 35.5. The molecule has 1 N–H and O–H groups in total. The Morgan fingerprint density at radius 3 is 2.94 bits per heavy atom. The van der Waals surface area contributed by atoms with Crippen LogP contribution in [-0.2, 0) is 6.54 Å². The van der Waals surface area contributed by atoms with Gasteiger partial charge >= 0.3 is 0 Å². The number of aromatic nitrogens is 2. The number of nitro groups is 1. The average molecular weight is 271 g/mol. The van der Waals surface area contributed by atoms with Gasteiger partial charge in [0.1, 0.15) is 5.02 Å². The molecule has 0 aliphatic rings. The van der Waals surface area contributed by atoms with Crippen LogP contribution in [0.2, 0.25) is 5.02 Å². The molecule has 2 aromatic rings. The van der Waals surface area contributed by atoms with E-state index in [9.17, 15) is 10.1 Å². The van der Waals surface area contributed by atoms with Crippen LogP contribution in [-0.4, -0.2) is 14.5 Å². The minimum absolute atomic E-state index is 0.104. The number of nitro benzene ring substituents is 1. The second kappa shape index (κ2) is 5.07. The summed E-state index contributed by atoms with van der Waals surface area (Å²) in [6, 6.07) is 4.48. The van der Waals surface area contributed by atoms with E-state index in [1.165, 1.54) is 23.7 Å². The van der Waals surface area contributed by atoms with Crippen LogP contribution in [0.3, 0.4) is 0 Å². The highest BCUT2D eigenvalue weighted by Crippen LogP contribution is 2.27. The summed E-state index contributed by atoms with van der Waals surface area (Å²) in [7, 11) is 0. The zero-order valence-corrected chi connectivity index (χ0v) is 10.0. The molecule has 0 unspecified atom stereocenters. The van der Waals surface area contributed by atoms with E-state index >= 15 is 0 Å². The largest absolute Gasteiger partial charge is 0.379 e. The molecule has 17 heavy (non-hydrogen) atoms. The van der Waals surface area contributed by atoms with Gasteiger partial charge < -0.3 is 5.32 Å². The van der Waals surface area contributed by atoms with Gasteiger partial charge in [-0.2, -0.15) is 0 Å². The lowest BCUT2D eigenvalue weighted by Crippen LogP contribution is -2.00. The van der Waals surface area contributed by atoms with Crippen molar-refractivity contribution in [2.24, 2.45) is 0 Å². The van der Waals surface area contributed by atoms with Gasteiger partial charge in [-0.1, -0.05) is 16.1 Å². The standard InChI is InChI=1S/C9H7ClN4O2S/c10-8-3-6(1-2-9(8)14(15)16)11-4-7-5-17-13-12-7/h1-3,5,11H,4H2. The Morgan fingerprint density at radius 2 is 2.35 bits per heavy atom. The molecular weight excluding hydrogens is 264 g/mol. The number of nitrogens with zero attached hydrogens (tertiary/aromatic N) is 3. The summed E-state index contributed by atoms with van der Waals surface area (Å²) >= 11 is 7.05. The minimum Gasteiger partial charge on any atom is -0.379 e. The van der Waals surface area contributed by atoms with E-state index in [0.717, 1.165) is 5.69 Å². The number of rotatable bonds is 4. The third kappa shape index (κ3) is 2.89. The topological polar surface area (TPSA) is 81.0 Å². The van der Waals surface area contributed by atoms with Gasteiger partial charge in [-0.05, 0) is 23.7 Å². The molecule has 0 amide bonds. The highest BCUT2D eigenvalue weighted by molar-refractivity contribution is 7.03. The van der Waals surface area contributed by atoms with Gasteiger partial charge in [0.25, 0.3) is 5.69 Å². The first-order chi connectivity index (χ1) is 8.16. The fourth-order valence-corrected chi connectivity index (χ4v) is 1.92. The van der Waals surface area contributed by atoms with Gasteiger partial charge in [0.2, 0.25) is 0 Å². The number of hydrogen-bond donors (Lipinski definition) is 1. The molecule has 1 aromatic carbocycles. The SMILES string of the molecule is O=[N+]([O-])c1ccc(NCc2csnn2)cc1Cl. The summed E-state index contributed by atoms with van der Waals surface area (Å²) < 4.78 is 3.73. The Hall–Kier alpha value is -1.73. The van der Waals surface area contributed by atoms with Crippen LogP contribution in [0.15, 0.2) is 23.6 Å². The molecular formula is C9H7ClN4O2S. The zero-order valence-electron chi connectivity index (χ0n) is 8.46. The van der Waals surface area contributed by atoms with E-state index in [-0.39, 0.29) is 10.7 Å². The Kier molecular flexibility index (Phi) is 3.50. The summed E-state index contributed by atoms with van der Waals surface area (Å²) in [4.78, 5) is 10.0. The predicted octanol–water partition coefficient (Wildman–Crippen LogP) is 2.71. The van der Waals surface area contributed by atoms with E-state index < -0.39 is 4.92 Å². The lowest BCUT2D eigenvalue weighted by atomic mass is 10.3. The summed E-state index contributed by atoms with van der Waals surface area (Å²) in [6.45, 7) is 0.505. The fourth-order valence-electron chi connectivity index (χ4n) is 1.22. The van der Waals surface area contributed by atoms with Crippen LogP contribution in [0, 0.1) is 10.1 Å². The fraction of sp³-hybridized carbons (Fsp3) is 0.111. The smallest absolute Gasteiger partial charge is 0.288 e.